The van der Waals surface area contributed by atoms with Gasteiger partial charge in [-0.15, -0.1) is 0 Å². The number of morpholine rings is 1. The largest absolute Gasteiger partial charge is 0.465 e. The van der Waals surface area contributed by atoms with Crippen molar-refractivity contribution in [3.8, 4) is 0 Å². The normalized spacial score (nSPS) is 26.4. The zero-order chi connectivity index (χ0) is 14.1. The standard InChI is InChI=1S/C15H20N2O3/c1-10-8-17(9-13(20-10)11-3-4-11)14-6-5-12(7-16-14)15(18)19-2/h5-7,10-11,13H,3-4,8-9H2,1-2H3. The molecule has 0 radical (unpaired) electrons. The van der Waals surface area contributed by atoms with Crippen LogP contribution in [0.3, 0.4) is 0 Å². The Balaban J connectivity index is 1.72. The summed E-state index contributed by atoms with van der Waals surface area (Å²) in [6.07, 6.45) is 4.67. The fourth-order valence-corrected chi connectivity index (χ4v) is 2.71. The van der Waals surface area contributed by atoms with Gasteiger partial charge in [0.05, 0.1) is 24.9 Å². The number of aromatic nitrogens is 1. The van der Waals surface area contributed by atoms with Gasteiger partial charge in [0.15, 0.2) is 0 Å². The van der Waals surface area contributed by atoms with E-state index >= 15 is 0 Å². The Morgan fingerprint density at radius 3 is 2.80 bits per heavy atom. The summed E-state index contributed by atoms with van der Waals surface area (Å²) >= 11 is 0. The first-order valence-corrected chi connectivity index (χ1v) is 7.12. The number of pyridine rings is 1. The number of esters is 1. The Kier molecular flexibility index (Phi) is 3.61. The van der Waals surface area contributed by atoms with Crippen molar-refractivity contribution in [3.05, 3.63) is 23.9 Å². The molecule has 2 unspecified atom stereocenters. The number of hydrogen-bond acceptors (Lipinski definition) is 5. The summed E-state index contributed by atoms with van der Waals surface area (Å²) in [5.41, 5.74) is 0.483. The van der Waals surface area contributed by atoms with Crippen LogP contribution in [-0.2, 0) is 9.47 Å². The lowest BCUT2D eigenvalue weighted by Gasteiger charge is -2.37. The zero-order valence-corrected chi connectivity index (χ0v) is 11.9. The first-order chi connectivity index (χ1) is 9.67. The second-order valence-corrected chi connectivity index (χ2v) is 5.62. The van der Waals surface area contributed by atoms with Gasteiger partial charge in [0.25, 0.3) is 0 Å². The molecule has 0 spiro atoms. The van der Waals surface area contributed by atoms with E-state index in [0.29, 0.717) is 11.7 Å². The summed E-state index contributed by atoms with van der Waals surface area (Å²) in [6, 6.07) is 3.65. The van der Waals surface area contributed by atoms with Crippen LogP contribution in [0, 0.1) is 5.92 Å². The summed E-state index contributed by atoms with van der Waals surface area (Å²) in [5, 5.41) is 0. The average Bonchev–Trinajstić information content (AvgIpc) is 3.30. The lowest BCUT2D eigenvalue weighted by Crippen LogP contribution is -2.47. The van der Waals surface area contributed by atoms with E-state index in [-0.39, 0.29) is 12.1 Å². The maximum atomic E-state index is 11.4. The predicted molar refractivity (Wildman–Crippen MR) is 74.8 cm³/mol. The highest BCUT2D eigenvalue weighted by Crippen LogP contribution is 2.37. The summed E-state index contributed by atoms with van der Waals surface area (Å²) in [6.45, 7) is 3.83. The van der Waals surface area contributed by atoms with E-state index in [1.54, 1.807) is 12.3 Å². The second kappa shape index (κ2) is 5.40. The van der Waals surface area contributed by atoms with Crippen molar-refractivity contribution >= 4 is 11.8 Å². The Bertz CT molecular complexity index is 484. The fourth-order valence-electron chi connectivity index (χ4n) is 2.71. The molecule has 0 amide bonds. The predicted octanol–water partition coefficient (Wildman–Crippen LogP) is 1.87. The third-order valence-corrected chi connectivity index (χ3v) is 3.93. The molecule has 1 aromatic rings. The fraction of sp³-hybridized carbons (Fsp3) is 0.600. The molecule has 1 aromatic heterocycles. The monoisotopic (exact) mass is 276 g/mol. The number of rotatable bonds is 3. The molecule has 1 aliphatic heterocycles. The van der Waals surface area contributed by atoms with E-state index in [0.717, 1.165) is 24.8 Å². The molecule has 108 valence electrons. The lowest BCUT2D eigenvalue weighted by atomic mass is 10.1. The maximum absolute atomic E-state index is 11.4. The first-order valence-electron chi connectivity index (χ1n) is 7.12. The minimum Gasteiger partial charge on any atom is -0.465 e. The molecule has 5 heteroatoms. The quantitative estimate of drug-likeness (QED) is 0.789. The molecule has 0 aromatic carbocycles. The molecule has 0 bridgehead atoms. The van der Waals surface area contributed by atoms with Crippen molar-refractivity contribution < 1.29 is 14.3 Å². The Morgan fingerprint density at radius 1 is 1.40 bits per heavy atom. The van der Waals surface area contributed by atoms with Crippen molar-refractivity contribution in [1.82, 2.24) is 4.98 Å². The van der Waals surface area contributed by atoms with Crippen molar-refractivity contribution in [2.45, 2.75) is 32.0 Å². The number of anilines is 1. The van der Waals surface area contributed by atoms with Crippen LogP contribution in [0.25, 0.3) is 0 Å². The van der Waals surface area contributed by atoms with Gasteiger partial charge in [0.1, 0.15) is 5.82 Å². The van der Waals surface area contributed by atoms with Crippen LogP contribution in [0.2, 0.25) is 0 Å². The minimum absolute atomic E-state index is 0.219. The number of hydrogen-bond donors (Lipinski definition) is 0. The Labute approximate surface area is 118 Å². The molecule has 2 atom stereocenters. The molecule has 2 fully saturated rings. The topological polar surface area (TPSA) is 51.7 Å². The third-order valence-electron chi connectivity index (χ3n) is 3.93. The van der Waals surface area contributed by atoms with Gasteiger partial charge >= 0.3 is 5.97 Å². The average molecular weight is 276 g/mol. The van der Waals surface area contributed by atoms with Crippen LogP contribution in [0.5, 0.6) is 0 Å². The number of nitrogens with zero attached hydrogens (tertiary/aromatic N) is 2. The molecular weight excluding hydrogens is 256 g/mol. The molecule has 20 heavy (non-hydrogen) atoms. The van der Waals surface area contributed by atoms with E-state index in [1.807, 2.05) is 6.07 Å². The summed E-state index contributed by atoms with van der Waals surface area (Å²) in [4.78, 5) is 18.0. The molecule has 5 nitrogen and oxygen atoms in total. The van der Waals surface area contributed by atoms with Gasteiger partial charge in [-0.2, -0.15) is 0 Å². The summed E-state index contributed by atoms with van der Waals surface area (Å²) in [5.74, 6) is 1.27. The van der Waals surface area contributed by atoms with Gasteiger partial charge in [-0.05, 0) is 37.8 Å². The number of methoxy groups -OCH3 is 1. The highest BCUT2D eigenvalue weighted by Gasteiger charge is 2.37. The highest BCUT2D eigenvalue weighted by atomic mass is 16.5. The van der Waals surface area contributed by atoms with Crippen LogP contribution >= 0.6 is 0 Å². The molecule has 1 saturated heterocycles. The van der Waals surface area contributed by atoms with Gasteiger partial charge in [-0.25, -0.2) is 9.78 Å². The third kappa shape index (κ3) is 2.77. The van der Waals surface area contributed by atoms with Crippen LogP contribution in [-0.4, -0.2) is 43.4 Å². The van der Waals surface area contributed by atoms with Gasteiger partial charge in [0, 0.05) is 19.3 Å². The van der Waals surface area contributed by atoms with Crippen molar-refractivity contribution in [3.63, 3.8) is 0 Å². The van der Waals surface area contributed by atoms with Crippen LogP contribution in [0.1, 0.15) is 30.1 Å². The maximum Gasteiger partial charge on any atom is 0.339 e. The Hall–Kier alpha value is -1.62. The zero-order valence-electron chi connectivity index (χ0n) is 11.9. The van der Waals surface area contributed by atoms with Crippen LogP contribution < -0.4 is 4.90 Å². The van der Waals surface area contributed by atoms with Crippen LogP contribution in [0.15, 0.2) is 18.3 Å². The van der Waals surface area contributed by atoms with Gasteiger partial charge in [-0.3, -0.25) is 0 Å². The van der Waals surface area contributed by atoms with Gasteiger partial charge in [-0.1, -0.05) is 0 Å². The van der Waals surface area contributed by atoms with Gasteiger partial charge in [0.2, 0.25) is 0 Å². The molecule has 2 aliphatic rings. The smallest absolute Gasteiger partial charge is 0.339 e. The lowest BCUT2D eigenvalue weighted by molar-refractivity contribution is -0.0273. The molecule has 0 N–H and O–H groups in total. The minimum atomic E-state index is -0.352. The second-order valence-electron chi connectivity index (χ2n) is 5.62. The van der Waals surface area contributed by atoms with E-state index < -0.39 is 0 Å². The first kappa shape index (κ1) is 13.4. The van der Waals surface area contributed by atoms with Crippen molar-refractivity contribution in [2.24, 2.45) is 5.92 Å². The molecular formula is C15H20N2O3. The summed E-state index contributed by atoms with van der Waals surface area (Å²) in [7, 11) is 1.38. The Morgan fingerprint density at radius 2 is 2.20 bits per heavy atom. The molecule has 1 aliphatic carbocycles. The van der Waals surface area contributed by atoms with Crippen molar-refractivity contribution in [1.29, 1.82) is 0 Å². The van der Waals surface area contributed by atoms with E-state index in [9.17, 15) is 4.79 Å². The van der Waals surface area contributed by atoms with Crippen molar-refractivity contribution in [2.75, 3.05) is 25.1 Å². The number of carbonyl (C=O) groups is 1. The number of carbonyl (C=O) groups excluding carboxylic acids is 1. The van der Waals surface area contributed by atoms with E-state index in [2.05, 4.69) is 21.5 Å². The molecule has 2 heterocycles. The molecule has 3 rings (SSSR count). The van der Waals surface area contributed by atoms with E-state index in [1.165, 1.54) is 20.0 Å². The number of ether oxygens (including phenoxy) is 2. The highest BCUT2D eigenvalue weighted by molar-refractivity contribution is 5.89. The van der Waals surface area contributed by atoms with Crippen LogP contribution in [0.4, 0.5) is 5.82 Å². The summed E-state index contributed by atoms with van der Waals surface area (Å²) < 4.78 is 10.7. The van der Waals surface area contributed by atoms with Gasteiger partial charge < -0.3 is 14.4 Å². The molecule has 1 saturated carbocycles. The SMILES string of the molecule is COC(=O)c1ccc(N2CC(C)OC(C3CC3)C2)nc1. The van der Waals surface area contributed by atoms with E-state index in [4.69, 9.17) is 4.74 Å².